The van der Waals surface area contributed by atoms with Crippen molar-refractivity contribution in [3.63, 3.8) is 0 Å². The largest absolute Gasteiger partial charge is 0.506 e. The van der Waals surface area contributed by atoms with Gasteiger partial charge in [0.15, 0.2) is 0 Å². The maximum atomic E-state index is 13.6. The number of carboxylic acids is 2. The molecule has 18 heteroatoms. The first kappa shape index (κ1) is 43.5. The van der Waals surface area contributed by atoms with Gasteiger partial charge in [-0.25, -0.2) is 0 Å². The molecule has 2 amide bonds. The maximum absolute atomic E-state index is 13.6. The van der Waals surface area contributed by atoms with Crippen molar-refractivity contribution in [2.24, 2.45) is 0 Å². The number of methoxy groups -OCH3 is 1. The molecule has 0 aromatic heterocycles. The van der Waals surface area contributed by atoms with Gasteiger partial charge in [0.25, 0.3) is 11.8 Å². The van der Waals surface area contributed by atoms with Gasteiger partial charge in [0, 0.05) is 60.8 Å². The number of fused-ring (bicyclic) bond motifs is 2. The Kier molecular flexibility index (Phi) is 11.2. The lowest BCUT2D eigenvalue weighted by atomic mass is 9.76. The number of aliphatic hydroxyl groups is 1. The van der Waals surface area contributed by atoms with Crippen LogP contribution in [0.3, 0.4) is 0 Å². The summed E-state index contributed by atoms with van der Waals surface area (Å²) >= 11 is 12.6. The zero-order valence-corrected chi connectivity index (χ0v) is 37.3. The third-order valence-electron chi connectivity index (χ3n) is 11.6. The minimum Gasteiger partial charge on any atom is -0.506 e. The molecular weight excluding hydrogens is 861 g/mol. The zero-order chi connectivity index (χ0) is 44.6. The SMILES string of the molecule is COC1=C(C=C2N(C)c3cc4c(cc3C2(C)C)C(C)(C)/C(=C\C2=C(O)C(=C\C=C3SC(=S)N(CCC(=O)O)C3=O)/C2=O)N4C)C(=O)C1=C/C=C1\SC(=S)N(CCC(=O)O)C1=O. The molecule has 2 fully saturated rings. The second-order valence-electron chi connectivity index (χ2n) is 15.8. The summed E-state index contributed by atoms with van der Waals surface area (Å²) in [6, 6.07) is 4.23. The number of likely N-dealkylation sites (N-methyl/N-ethyl adjacent to an activating group) is 2. The van der Waals surface area contributed by atoms with E-state index in [2.05, 4.69) is 26.0 Å². The highest BCUT2D eigenvalue weighted by atomic mass is 32.2. The van der Waals surface area contributed by atoms with Crippen molar-refractivity contribution in [1.82, 2.24) is 9.80 Å². The Morgan fingerprint density at radius 3 is 1.56 bits per heavy atom. The number of ether oxygens (including phenoxy) is 1. The normalized spacial score (nSPS) is 24.5. The van der Waals surface area contributed by atoms with Gasteiger partial charge in [-0.3, -0.25) is 38.6 Å². The number of ketones is 2. The fourth-order valence-corrected chi connectivity index (χ4v) is 10.6. The minimum absolute atomic E-state index is 0.0428. The van der Waals surface area contributed by atoms with Crippen molar-refractivity contribution >= 4 is 103 Å². The number of aliphatic carboxylic acids is 2. The van der Waals surface area contributed by atoms with Gasteiger partial charge < -0.3 is 29.9 Å². The van der Waals surface area contributed by atoms with E-state index in [9.17, 15) is 33.9 Å². The average molecular weight is 901 g/mol. The number of Topliss-reactive ketones (excluding diaryl/α,β-unsaturated/α-hetero) is 2. The molecule has 1 aromatic rings. The van der Waals surface area contributed by atoms with E-state index in [1.165, 1.54) is 41.2 Å². The van der Waals surface area contributed by atoms with Gasteiger partial charge in [-0.15, -0.1) is 0 Å². The number of carbonyl (C=O) groups excluding carboxylic acids is 4. The molecule has 0 unspecified atom stereocenters. The van der Waals surface area contributed by atoms with E-state index in [4.69, 9.17) is 39.4 Å². The quantitative estimate of drug-likeness (QED) is 0.171. The number of benzene rings is 1. The van der Waals surface area contributed by atoms with E-state index < -0.39 is 34.6 Å². The molecule has 1 aromatic carbocycles. The summed E-state index contributed by atoms with van der Waals surface area (Å²) in [5, 5.41) is 29.1. The van der Waals surface area contributed by atoms with Crippen LogP contribution in [0, 0.1) is 0 Å². The highest BCUT2D eigenvalue weighted by Gasteiger charge is 2.47. The van der Waals surface area contributed by atoms with Gasteiger partial charge in [0.2, 0.25) is 11.6 Å². The van der Waals surface area contributed by atoms with Crippen LogP contribution >= 0.6 is 48.0 Å². The number of thiocarbonyl (C=S) groups is 2. The van der Waals surface area contributed by atoms with Crippen LogP contribution < -0.4 is 9.80 Å². The highest BCUT2D eigenvalue weighted by molar-refractivity contribution is 8.27. The lowest BCUT2D eigenvalue weighted by Crippen LogP contribution is -2.30. The molecule has 61 heavy (non-hydrogen) atoms. The molecule has 3 N–H and O–H groups in total. The number of anilines is 2. The number of thioether (sulfide) groups is 2. The van der Waals surface area contributed by atoms with Crippen LogP contribution in [0.2, 0.25) is 0 Å². The van der Waals surface area contributed by atoms with Crippen LogP contribution in [0.15, 0.2) is 104 Å². The fourth-order valence-electron chi connectivity index (χ4n) is 8.15. The first-order valence-corrected chi connectivity index (χ1v) is 21.3. The van der Waals surface area contributed by atoms with E-state index in [1.54, 1.807) is 6.08 Å². The minimum atomic E-state index is -1.06. The Morgan fingerprint density at radius 1 is 0.705 bits per heavy atom. The first-order chi connectivity index (χ1) is 28.6. The highest BCUT2D eigenvalue weighted by Crippen LogP contribution is 2.56. The van der Waals surface area contributed by atoms with Crippen molar-refractivity contribution in [3.05, 3.63) is 115 Å². The summed E-state index contributed by atoms with van der Waals surface area (Å²) < 4.78 is 6.15. The number of aliphatic hydroxyl groups excluding tert-OH is 1. The second kappa shape index (κ2) is 15.7. The molecule has 4 heterocycles. The molecule has 0 spiro atoms. The zero-order valence-electron chi connectivity index (χ0n) is 34.1. The number of amides is 2. The van der Waals surface area contributed by atoms with Crippen molar-refractivity contribution in [3.8, 4) is 0 Å². The van der Waals surface area contributed by atoms with Gasteiger partial charge in [0.05, 0.1) is 52.1 Å². The summed E-state index contributed by atoms with van der Waals surface area (Å²) in [7, 11) is 5.30. The molecule has 14 nitrogen and oxygen atoms in total. The standard InChI is InChI=1S/C43H40N4O10S4/c1-42(2)24-18-25-27(19-26(24)44(5)30(42)16-22-34(52)20(35(22)53)8-10-28-38(55)46(40(58)60-28)14-12-32(48)49)45(6)31(43(25,3)4)17-23-36(54)21(37(23)57-7)9-11-29-39(56)47(41(59)61-29)15-13-33(50)51/h8-11,16-19,52H,12-15H2,1-7H3,(H,48,49)(H,50,51)/b20-8+,21-9?,28-10?,29-11-,30-16+,31-17?. The molecule has 0 bridgehead atoms. The average Bonchev–Trinajstić information content (AvgIpc) is 3.76. The molecule has 0 saturated carbocycles. The lowest BCUT2D eigenvalue weighted by molar-refractivity contribution is -0.138. The number of nitrogens with zero attached hydrogens (tertiary/aromatic N) is 4. The summed E-state index contributed by atoms with van der Waals surface area (Å²) in [6.07, 6.45) is 8.84. The molecule has 7 rings (SSSR count). The third kappa shape index (κ3) is 7.18. The Bertz CT molecular complexity index is 2610. The Labute approximate surface area is 370 Å². The van der Waals surface area contributed by atoms with Crippen LogP contribution in [0.4, 0.5) is 11.4 Å². The van der Waals surface area contributed by atoms with Gasteiger partial charge in [0.1, 0.15) is 20.2 Å². The number of rotatable bonds is 11. The van der Waals surface area contributed by atoms with Crippen LogP contribution in [0.25, 0.3) is 0 Å². The Morgan fingerprint density at radius 2 is 1.13 bits per heavy atom. The van der Waals surface area contributed by atoms with Crippen LogP contribution in [0.1, 0.15) is 51.7 Å². The van der Waals surface area contributed by atoms with E-state index in [0.717, 1.165) is 57.4 Å². The molecule has 6 aliphatic rings. The van der Waals surface area contributed by atoms with Crippen LogP contribution in [-0.4, -0.2) is 103 Å². The van der Waals surface area contributed by atoms with E-state index in [-0.39, 0.29) is 72.9 Å². The number of hydrogen-bond acceptors (Lipinski definition) is 14. The second-order valence-corrected chi connectivity index (χ2v) is 19.2. The van der Waals surface area contributed by atoms with Crippen molar-refractivity contribution in [2.45, 2.75) is 51.4 Å². The van der Waals surface area contributed by atoms with E-state index in [1.807, 2.05) is 43.8 Å². The fraction of sp³-hybridized carbons (Fsp3) is 0.302. The molecule has 0 radical (unpaired) electrons. The molecule has 2 aliphatic carbocycles. The van der Waals surface area contributed by atoms with Crippen LogP contribution in [-0.2, 0) is 44.3 Å². The summed E-state index contributed by atoms with van der Waals surface area (Å²) in [6.45, 7) is 8.14. The number of carboxylic acid groups (broad SMARTS) is 2. The van der Waals surface area contributed by atoms with E-state index >= 15 is 0 Å². The van der Waals surface area contributed by atoms with Gasteiger partial charge in [-0.2, -0.15) is 0 Å². The number of carbonyl (C=O) groups is 6. The molecular formula is C43H40N4O10S4. The van der Waals surface area contributed by atoms with Crippen molar-refractivity contribution < 1.29 is 48.8 Å². The number of allylic oxidation sites excluding steroid dienone is 12. The smallest absolute Gasteiger partial charge is 0.305 e. The third-order valence-corrected chi connectivity index (χ3v) is 14.4. The Hall–Kier alpha value is -5.56. The summed E-state index contributed by atoms with van der Waals surface area (Å²) in [5.74, 6) is -3.45. The molecule has 0 atom stereocenters. The summed E-state index contributed by atoms with van der Waals surface area (Å²) in [5.41, 5.74) is 5.19. The van der Waals surface area contributed by atoms with Crippen molar-refractivity contribution in [2.75, 3.05) is 44.1 Å². The van der Waals surface area contributed by atoms with E-state index in [0.29, 0.717) is 16.9 Å². The number of hydrogen-bond donors (Lipinski definition) is 3. The predicted molar refractivity (Wildman–Crippen MR) is 240 cm³/mol. The first-order valence-electron chi connectivity index (χ1n) is 18.9. The van der Waals surface area contributed by atoms with Gasteiger partial charge in [-0.1, -0.05) is 75.7 Å². The van der Waals surface area contributed by atoms with Crippen molar-refractivity contribution in [1.29, 1.82) is 0 Å². The van der Waals surface area contributed by atoms with Crippen LogP contribution in [0.5, 0.6) is 0 Å². The summed E-state index contributed by atoms with van der Waals surface area (Å²) in [4.78, 5) is 81.6. The van der Waals surface area contributed by atoms with Gasteiger partial charge in [-0.05, 0) is 59.7 Å². The topological polar surface area (TPSA) is 185 Å². The molecule has 2 saturated heterocycles. The predicted octanol–water partition coefficient (Wildman–Crippen LogP) is 6.08. The lowest BCUT2D eigenvalue weighted by Gasteiger charge is -2.28. The Balaban J connectivity index is 1.13. The monoisotopic (exact) mass is 900 g/mol. The molecule has 316 valence electrons. The maximum Gasteiger partial charge on any atom is 0.305 e. The molecule has 4 aliphatic heterocycles. The van der Waals surface area contributed by atoms with Gasteiger partial charge >= 0.3 is 11.9 Å².